The van der Waals surface area contributed by atoms with Gasteiger partial charge in [-0.3, -0.25) is 10.1 Å². The smallest absolute Gasteiger partial charge is 0.306 e. The lowest BCUT2D eigenvalue weighted by Crippen LogP contribution is -2.29. The first-order valence-electron chi connectivity index (χ1n) is 6.22. The molecule has 0 amide bonds. The molecule has 10 heteroatoms. The lowest BCUT2D eigenvalue weighted by Gasteiger charge is -2.05. The van der Waals surface area contributed by atoms with Crippen LogP contribution in [0.3, 0.4) is 0 Å². The molecule has 1 fully saturated rings. The highest BCUT2D eigenvalue weighted by atomic mass is 32.2. The minimum Gasteiger partial charge on any atom is -0.310 e. The number of thiophene rings is 1. The Morgan fingerprint density at radius 1 is 1.33 bits per heavy atom. The van der Waals surface area contributed by atoms with Crippen LogP contribution in [0.2, 0.25) is 0 Å². The van der Waals surface area contributed by atoms with Crippen molar-refractivity contribution in [3.8, 4) is 0 Å². The molecule has 4 N–H and O–H groups in total. The summed E-state index contributed by atoms with van der Waals surface area (Å²) in [7, 11) is -3.82. The van der Waals surface area contributed by atoms with E-state index in [9.17, 15) is 18.5 Å². The second kappa shape index (κ2) is 4.63. The fourth-order valence-electron chi connectivity index (χ4n) is 2.44. The van der Waals surface area contributed by atoms with E-state index in [0.717, 1.165) is 17.4 Å². The summed E-state index contributed by atoms with van der Waals surface area (Å²) >= 11 is 0.737. The Hall–Kier alpha value is -1.23. The summed E-state index contributed by atoms with van der Waals surface area (Å²) in [5.41, 5.74) is 1.47. The molecule has 0 aromatic carbocycles. The number of nitro groups is 1. The number of nitrogens with zero attached hydrogens (tertiary/aromatic N) is 1. The van der Waals surface area contributed by atoms with Gasteiger partial charge in [0.25, 0.3) is 10.0 Å². The predicted octanol–water partition coefficient (Wildman–Crippen LogP) is 1.65. The average molecular weight is 334 g/mol. The molecule has 1 aliphatic carbocycles. The molecule has 1 aromatic rings. The quantitative estimate of drug-likeness (QED) is 0.427. The number of nitrogens with one attached hydrogen (secondary N) is 2. The number of nitrogens with two attached hydrogens (primary N) is 1. The van der Waals surface area contributed by atoms with Gasteiger partial charge in [0.1, 0.15) is 4.21 Å². The van der Waals surface area contributed by atoms with Gasteiger partial charge in [-0.25, -0.2) is 19.0 Å². The van der Waals surface area contributed by atoms with Crippen LogP contribution in [0, 0.1) is 20.9 Å². The molecule has 21 heavy (non-hydrogen) atoms. The van der Waals surface area contributed by atoms with Gasteiger partial charge in [-0.2, -0.15) is 0 Å². The Morgan fingerprint density at radius 2 is 1.86 bits per heavy atom. The summed E-state index contributed by atoms with van der Waals surface area (Å²) in [5, 5.41) is 10.9. The summed E-state index contributed by atoms with van der Waals surface area (Å²) in [6.45, 7) is 7.90. The molecule has 118 valence electrons. The predicted molar refractivity (Wildman–Crippen MR) is 80.5 cm³/mol. The number of nitrogen functional groups attached to an aromatic ring is 1. The molecule has 0 bridgehead atoms. The Kier molecular flexibility index (Phi) is 3.56. The maximum absolute atomic E-state index is 12.4. The third-order valence-corrected chi connectivity index (χ3v) is 7.53. The van der Waals surface area contributed by atoms with Gasteiger partial charge in [-0.1, -0.05) is 39.0 Å². The SMILES string of the molecule is CC1(C)C(NS(=O)(=O)c2cc([N+](=O)[O-])c(NN)s2)C1(C)C. The third kappa shape index (κ3) is 2.41. The largest absolute Gasteiger partial charge is 0.310 e. The van der Waals surface area contributed by atoms with Crippen LogP contribution in [0.15, 0.2) is 10.3 Å². The molecule has 0 radical (unpaired) electrons. The molecule has 1 aromatic heterocycles. The van der Waals surface area contributed by atoms with Crippen molar-refractivity contribution in [2.75, 3.05) is 5.43 Å². The van der Waals surface area contributed by atoms with Crippen LogP contribution in [0.1, 0.15) is 27.7 Å². The zero-order chi connectivity index (χ0) is 16.2. The first-order valence-corrected chi connectivity index (χ1v) is 8.52. The van der Waals surface area contributed by atoms with E-state index in [4.69, 9.17) is 5.84 Å². The van der Waals surface area contributed by atoms with Gasteiger partial charge in [-0.15, -0.1) is 0 Å². The zero-order valence-electron chi connectivity index (χ0n) is 12.1. The highest BCUT2D eigenvalue weighted by Gasteiger charge is 2.66. The molecular formula is C11H18N4O4S2. The fourth-order valence-corrected chi connectivity index (χ4v) is 5.22. The van der Waals surface area contributed by atoms with Gasteiger partial charge < -0.3 is 5.43 Å². The van der Waals surface area contributed by atoms with E-state index in [1.165, 1.54) is 0 Å². The lowest BCUT2D eigenvalue weighted by atomic mass is 10.0. The second-order valence-electron chi connectivity index (χ2n) is 6.18. The van der Waals surface area contributed by atoms with Crippen LogP contribution in [-0.2, 0) is 10.0 Å². The van der Waals surface area contributed by atoms with Crippen LogP contribution in [0.5, 0.6) is 0 Å². The molecule has 0 spiro atoms. The summed E-state index contributed by atoms with van der Waals surface area (Å²) in [6.07, 6.45) is 0. The fraction of sp³-hybridized carbons (Fsp3) is 0.636. The maximum atomic E-state index is 12.4. The van der Waals surface area contributed by atoms with Crippen molar-refractivity contribution in [3.63, 3.8) is 0 Å². The summed E-state index contributed by atoms with van der Waals surface area (Å²) in [4.78, 5) is 10.2. The van der Waals surface area contributed by atoms with Crippen LogP contribution >= 0.6 is 11.3 Å². The van der Waals surface area contributed by atoms with E-state index in [1.807, 2.05) is 27.7 Å². The van der Waals surface area contributed by atoms with Gasteiger partial charge in [0.05, 0.1) is 4.92 Å². The zero-order valence-corrected chi connectivity index (χ0v) is 13.8. The van der Waals surface area contributed by atoms with E-state index >= 15 is 0 Å². The summed E-state index contributed by atoms with van der Waals surface area (Å²) < 4.78 is 27.2. The Balaban J connectivity index is 2.32. The van der Waals surface area contributed by atoms with Crippen molar-refractivity contribution in [3.05, 3.63) is 16.2 Å². The molecule has 0 aliphatic heterocycles. The molecule has 8 nitrogen and oxygen atoms in total. The maximum Gasteiger partial charge on any atom is 0.306 e. The number of anilines is 1. The first-order chi connectivity index (χ1) is 9.45. The van der Waals surface area contributed by atoms with Crippen LogP contribution in [-0.4, -0.2) is 19.4 Å². The van der Waals surface area contributed by atoms with Gasteiger partial charge in [0, 0.05) is 12.1 Å². The van der Waals surface area contributed by atoms with Gasteiger partial charge >= 0.3 is 5.69 Å². The van der Waals surface area contributed by atoms with Crippen LogP contribution in [0.25, 0.3) is 0 Å². The number of sulfonamides is 1. The monoisotopic (exact) mass is 334 g/mol. The normalized spacial score (nSPS) is 20.2. The minimum atomic E-state index is -3.82. The van der Waals surface area contributed by atoms with E-state index in [0.29, 0.717) is 0 Å². The number of hydrogen-bond donors (Lipinski definition) is 3. The molecule has 0 unspecified atom stereocenters. The average Bonchev–Trinajstić information content (AvgIpc) is 2.75. The molecule has 0 atom stereocenters. The van der Waals surface area contributed by atoms with Crippen LogP contribution in [0.4, 0.5) is 10.7 Å². The third-order valence-electron chi connectivity index (χ3n) is 4.58. The van der Waals surface area contributed by atoms with Gasteiger partial charge in [-0.05, 0) is 10.8 Å². The number of hydrazine groups is 1. The topological polar surface area (TPSA) is 127 Å². The van der Waals surface area contributed by atoms with Gasteiger partial charge in [0.2, 0.25) is 0 Å². The first kappa shape index (κ1) is 16.1. The van der Waals surface area contributed by atoms with E-state index in [2.05, 4.69) is 10.1 Å². The summed E-state index contributed by atoms with van der Waals surface area (Å²) in [5.74, 6) is 5.19. The Labute approximate surface area is 126 Å². The highest BCUT2D eigenvalue weighted by molar-refractivity contribution is 7.91. The van der Waals surface area contributed by atoms with E-state index < -0.39 is 14.9 Å². The molecule has 2 rings (SSSR count). The van der Waals surface area contributed by atoms with Crippen molar-refractivity contribution in [1.82, 2.24) is 4.72 Å². The molecular weight excluding hydrogens is 316 g/mol. The molecule has 0 saturated heterocycles. The van der Waals surface area contributed by atoms with Crippen molar-refractivity contribution < 1.29 is 13.3 Å². The Morgan fingerprint density at radius 3 is 2.19 bits per heavy atom. The van der Waals surface area contributed by atoms with Crippen molar-refractivity contribution >= 4 is 32.0 Å². The highest BCUT2D eigenvalue weighted by Crippen LogP contribution is 2.63. The van der Waals surface area contributed by atoms with E-state index in [-0.39, 0.29) is 31.8 Å². The molecule has 1 heterocycles. The van der Waals surface area contributed by atoms with Crippen molar-refractivity contribution in [2.24, 2.45) is 16.7 Å². The van der Waals surface area contributed by atoms with Crippen molar-refractivity contribution in [1.29, 1.82) is 0 Å². The number of hydrogen-bond acceptors (Lipinski definition) is 7. The van der Waals surface area contributed by atoms with Gasteiger partial charge in [0.15, 0.2) is 5.00 Å². The summed E-state index contributed by atoms with van der Waals surface area (Å²) in [6, 6.07) is 0.801. The second-order valence-corrected chi connectivity index (χ2v) is 9.17. The molecule has 1 saturated carbocycles. The lowest BCUT2D eigenvalue weighted by molar-refractivity contribution is -0.383. The van der Waals surface area contributed by atoms with Crippen LogP contribution < -0.4 is 16.0 Å². The van der Waals surface area contributed by atoms with E-state index in [1.54, 1.807) is 0 Å². The molecule has 1 aliphatic rings. The number of rotatable bonds is 5. The Bertz CT molecular complexity index is 679. The minimum absolute atomic E-state index is 0.00897. The standard InChI is InChI=1S/C11H18N4O4S2/c1-10(2)9(11(10,3)4)14-21(18,19)7-5-6(15(16)17)8(13-12)20-7/h5,9,13-14H,12H2,1-4H3. The van der Waals surface area contributed by atoms with Crippen molar-refractivity contribution in [2.45, 2.75) is 37.9 Å².